The van der Waals surface area contributed by atoms with Crippen LogP contribution >= 0.6 is 0 Å². The molecule has 1 aliphatic heterocycles. The molecule has 3 N–H and O–H groups in total. The minimum absolute atomic E-state index is 0.241. The Kier molecular flexibility index (Phi) is 1.99. The molecule has 1 heterocycles. The van der Waals surface area contributed by atoms with E-state index in [0.717, 1.165) is 19.4 Å². The van der Waals surface area contributed by atoms with Gasteiger partial charge >= 0.3 is 0 Å². The Morgan fingerprint density at radius 2 is 2.50 bits per heavy atom. The summed E-state index contributed by atoms with van der Waals surface area (Å²) < 4.78 is 0. The molecule has 0 aromatic rings. The maximum Gasteiger partial charge on any atom is 0.233 e. The topological polar surface area (TPSA) is 61.8 Å². The van der Waals surface area contributed by atoms with E-state index in [-0.39, 0.29) is 5.96 Å². The minimum Gasteiger partial charge on any atom is -0.408 e. The third-order valence-electron chi connectivity index (χ3n) is 1.95. The molecular formula is C6H13N3O. The quantitative estimate of drug-likeness (QED) is 0.220. The van der Waals surface area contributed by atoms with E-state index in [1.807, 2.05) is 4.90 Å². The van der Waals surface area contributed by atoms with Crippen molar-refractivity contribution in [3.05, 3.63) is 0 Å². The van der Waals surface area contributed by atoms with Gasteiger partial charge in [0.15, 0.2) is 0 Å². The van der Waals surface area contributed by atoms with E-state index in [0.29, 0.717) is 6.04 Å². The standard InChI is InChI=1S/C6H13N3O/c1-5-3-2-4-9(5)6(7)8-10/h5,10H,2-4H2,1H3,(H2,7,8). The molecule has 1 saturated heterocycles. The van der Waals surface area contributed by atoms with Crippen molar-refractivity contribution < 1.29 is 5.21 Å². The van der Waals surface area contributed by atoms with Gasteiger partial charge in [0.25, 0.3) is 0 Å². The first-order valence-electron chi connectivity index (χ1n) is 3.50. The molecule has 10 heavy (non-hydrogen) atoms. The van der Waals surface area contributed by atoms with Gasteiger partial charge in [0.05, 0.1) is 0 Å². The molecule has 4 nitrogen and oxygen atoms in total. The zero-order valence-corrected chi connectivity index (χ0v) is 6.12. The third-order valence-corrected chi connectivity index (χ3v) is 1.95. The van der Waals surface area contributed by atoms with Crippen LogP contribution in [-0.4, -0.2) is 28.7 Å². The van der Waals surface area contributed by atoms with Crippen molar-refractivity contribution in [3.8, 4) is 0 Å². The summed E-state index contributed by atoms with van der Waals surface area (Å²) >= 11 is 0. The van der Waals surface area contributed by atoms with Crippen molar-refractivity contribution in [2.45, 2.75) is 25.8 Å². The smallest absolute Gasteiger partial charge is 0.233 e. The van der Waals surface area contributed by atoms with E-state index in [1.54, 1.807) is 0 Å². The average molecular weight is 143 g/mol. The van der Waals surface area contributed by atoms with Crippen LogP contribution in [0.15, 0.2) is 5.16 Å². The van der Waals surface area contributed by atoms with Crippen LogP contribution in [0.3, 0.4) is 0 Å². The Morgan fingerprint density at radius 3 is 2.90 bits per heavy atom. The second kappa shape index (κ2) is 2.77. The van der Waals surface area contributed by atoms with Gasteiger partial charge in [-0.3, -0.25) is 0 Å². The first-order valence-corrected chi connectivity index (χ1v) is 3.50. The van der Waals surface area contributed by atoms with E-state index in [1.165, 1.54) is 0 Å². The molecule has 1 rings (SSSR count). The van der Waals surface area contributed by atoms with Crippen LogP contribution in [0.1, 0.15) is 19.8 Å². The van der Waals surface area contributed by atoms with Gasteiger partial charge in [-0.25, -0.2) is 0 Å². The third kappa shape index (κ3) is 1.15. The highest BCUT2D eigenvalue weighted by Crippen LogP contribution is 2.14. The van der Waals surface area contributed by atoms with Gasteiger partial charge in [-0.1, -0.05) is 5.16 Å². The zero-order valence-electron chi connectivity index (χ0n) is 6.12. The Morgan fingerprint density at radius 1 is 1.80 bits per heavy atom. The Bertz CT molecular complexity index is 146. The van der Waals surface area contributed by atoms with Gasteiger partial charge in [-0.2, -0.15) is 0 Å². The van der Waals surface area contributed by atoms with Crippen molar-refractivity contribution in [2.24, 2.45) is 10.9 Å². The van der Waals surface area contributed by atoms with Crippen LogP contribution in [0.5, 0.6) is 0 Å². The zero-order chi connectivity index (χ0) is 7.56. The maximum absolute atomic E-state index is 8.33. The number of rotatable bonds is 0. The number of likely N-dealkylation sites (tertiary alicyclic amines) is 1. The van der Waals surface area contributed by atoms with E-state index >= 15 is 0 Å². The predicted octanol–water partition coefficient (Wildman–Crippen LogP) is 0.175. The Balaban J connectivity index is 2.55. The minimum atomic E-state index is 0.241. The summed E-state index contributed by atoms with van der Waals surface area (Å²) in [5.74, 6) is 0.241. The molecule has 1 aliphatic rings. The summed E-state index contributed by atoms with van der Waals surface area (Å²) in [7, 11) is 0. The number of nitrogens with two attached hydrogens (primary N) is 1. The highest BCUT2D eigenvalue weighted by atomic mass is 16.4. The van der Waals surface area contributed by atoms with Crippen LogP contribution < -0.4 is 5.73 Å². The summed E-state index contributed by atoms with van der Waals surface area (Å²) in [6, 6.07) is 0.427. The molecule has 0 spiro atoms. The lowest BCUT2D eigenvalue weighted by Crippen LogP contribution is -2.39. The maximum atomic E-state index is 8.33. The predicted molar refractivity (Wildman–Crippen MR) is 38.8 cm³/mol. The van der Waals surface area contributed by atoms with Gasteiger partial charge in [0.1, 0.15) is 0 Å². The van der Waals surface area contributed by atoms with Crippen LogP contribution in [0.25, 0.3) is 0 Å². The fourth-order valence-electron chi connectivity index (χ4n) is 1.33. The van der Waals surface area contributed by atoms with Crippen molar-refractivity contribution in [3.63, 3.8) is 0 Å². The molecule has 4 heteroatoms. The molecule has 0 saturated carbocycles. The highest BCUT2D eigenvalue weighted by Gasteiger charge is 2.21. The summed E-state index contributed by atoms with van der Waals surface area (Å²) in [6.45, 7) is 2.99. The second-order valence-corrected chi connectivity index (χ2v) is 2.64. The SMILES string of the molecule is CC1CCCN1/C(N)=N/O. The molecular weight excluding hydrogens is 130 g/mol. The molecule has 1 unspecified atom stereocenters. The van der Waals surface area contributed by atoms with Gasteiger partial charge in [0, 0.05) is 12.6 Å². The van der Waals surface area contributed by atoms with Crippen LogP contribution in [0.2, 0.25) is 0 Å². The Labute approximate surface area is 60.3 Å². The van der Waals surface area contributed by atoms with Gasteiger partial charge in [0.2, 0.25) is 5.96 Å². The summed E-state index contributed by atoms with van der Waals surface area (Å²) in [4.78, 5) is 1.90. The number of hydrogen-bond donors (Lipinski definition) is 2. The van der Waals surface area contributed by atoms with Crippen molar-refractivity contribution in [1.82, 2.24) is 4.90 Å². The molecule has 0 aromatic carbocycles. The first-order chi connectivity index (χ1) is 4.75. The summed E-state index contributed by atoms with van der Waals surface area (Å²) in [5, 5.41) is 11.3. The monoisotopic (exact) mass is 143 g/mol. The highest BCUT2D eigenvalue weighted by molar-refractivity contribution is 5.77. The van der Waals surface area contributed by atoms with E-state index in [9.17, 15) is 0 Å². The van der Waals surface area contributed by atoms with E-state index in [4.69, 9.17) is 10.9 Å². The number of nitrogens with zero attached hydrogens (tertiary/aromatic N) is 2. The van der Waals surface area contributed by atoms with Crippen LogP contribution in [0, 0.1) is 0 Å². The fourth-order valence-corrected chi connectivity index (χ4v) is 1.33. The number of hydrogen-bond acceptors (Lipinski definition) is 2. The lowest BCUT2D eigenvalue weighted by atomic mass is 10.2. The average Bonchev–Trinajstić information content (AvgIpc) is 2.34. The lowest BCUT2D eigenvalue weighted by molar-refractivity contribution is 0.296. The summed E-state index contributed by atoms with van der Waals surface area (Å²) in [5.41, 5.74) is 5.39. The van der Waals surface area contributed by atoms with Gasteiger partial charge in [-0.15, -0.1) is 0 Å². The molecule has 58 valence electrons. The molecule has 0 radical (unpaired) electrons. The first kappa shape index (κ1) is 7.18. The number of oxime groups is 1. The van der Waals surface area contributed by atoms with Crippen LogP contribution in [0.4, 0.5) is 0 Å². The molecule has 1 fully saturated rings. The van der Waals surface area contributed by atoms with E-state index < -0.39 is 0 Å². The normalized spacial score (nSPS) is 27.5. The van der Waals surface area contributed by atoms with Crippen LogP contribution in [-0.2, 0) is 0 Å². The molecule has 1 atom stereocenters. The number of guanidine groups is 1. The van der Waals surface area contributed by atoms with Crippen molar-refractivity contribution in [2.75, 3.05) is 6.54 Å². The van der Waals surface area contributed by atoms with Gasteiger partial charge in [-0.05, 0) is 19.8 Å². The van der Waals surface area contributed by atoms with Crippen molar-refractivity contribution in [1.29, 1.82) is 0 Å². The fraction of sp³-hybridized carbons (Fsp3) is 0.833. The molecule has 0 amide bonds. The van der Waals surface area contributed by atoms with Gasteiger partial charge < -0.3 is 15.8 Å². The van der Waals surface area contributed by atoms with E-state index in [2.05, 4.69) is 12.1 Å². The largest absolute Gasteiger partial charge is 0.408 e. The molecule has 0 aliphatic carbocycles. The molecule has 0 bridgehead atoms. The molecule has 0 aromatic heterocycles. The Hall–Kier alpha value is -0.930. The summed E-state index contributed by atoms with van der Waals surface area (Å²) in [6.07, 6.45) is 2.27. The van der Waals surface area contributed by atoms with Crippen molar-refractivity contribution >= 4 is 5.96 Å². The lowest BCUT2D eigenvalue weighted by Gasteiger charge is -2.20. The second-order valence-electron chi connectivity index (χ2n) is 2.64.